The lowest BCUT2D eigenvalue weighted by Crippen LogP contribution is -2.00. The average Bonchev–Trinajstić information content (AvgIpc) is 3.85. The first-order chi connectivity index (χ1) is 27.7. The highest BCUT2D eigenvalue weighted by Gasteiger charge is 2.22. The molecule has 0 amide bonds. The molecule has 4 aromatic heterocycles. The molecule has 0 fully saturated rings. The summed E-state index contributed by atoms with van der Waals surface area (Å²) in [7, 11) is 0. The van der Waals surface area contributed by atoms with Crippen LogP contribution in [0.2, 0.25) is 0 Å². The molecule has 0 aliphatic heterocycles. The molecule has 0 saturated heterocycles. The van der Waals surface area contributed by atoms with Crippen molar-refractivity contribution in [3.05, 3.63) is 170 Å². The molecular weight excluding hydrogens is 707 g/mol. The van der Waals surface area contributed by atoms with E-state index in [0.717, 1.165) is 101 Å². The van der Waals surface area contributed by atoms with Gasteiger partial charge in [0.2, 0.25) is 0 Å². The van der Waals surface area contributed by atoms with Crippen LogP contribution in [0.1, 0.15) is 18.7 Å². The van der Waals surface area contributed by atoms with E-state index in [0.29, 0.717) is 17.5 Å². The van der Waals surface area contributed by atoms with Gasteiger partial charge in [-0.15, -0.1) is 11.3 Å². The van der Waals surface area contributed by atoms with Crippen LogP contribution in [0.5, 0.6) is 0 Å². The number of thiophene rings is 1. The summed E-state index contributed by atoms with van der Waals surface area (Å²) >= 11 is 1.73. The molecule has 264 valence electrons. The molecule has 6 aromatic carbocycles. The molecule has 4 heterocycles. The minimum Gasteiger partial charge on any atom is -0.455 e. The predicted molar refractivity (Wildman–Crippen MR) is 229 cm³/mol. The lowest BCUT2D eigenvalue weighted by atomic mass is 10.0. The van der Waals surface area contributed by atoms with Crippen molar-refractivity contribution in [2.75, 3.05) is 0 Å². The van der Waals surface area contributed by atoms with Gasteiger partial charge in [-0.1, -0.05) is 133 Å². The molecule has 7 heteroatoms. The Balaban J connectivity index is 1.08. The third kappa shape index (κ3) is 5.60. The quantitative estimate of drug-likeness (QED) is 0.169. The van der Waals surface area contributed by atoms with Crippen molar-refractivity contribution < 1.29 is 4.42 Å². The Hall–Kier alpha value is -7.09. The van der Waals surface area contributed by atoms with Crippen molar-refractivity contribution in [3.63, 3.8) is 0 Å². The minimum atomic E-state index is 0.572. The first-order valence-electron chi connectivity index (χ1n) is 18.7. The number of hydrogen-bond donors (Lipinski definition) is 0. The SMILES string of the molecule is C1=CC(c2nc(-c3cccc4c3oc3cc(-c5nc(-c6ccccc6)nc(-c6cccc(-c7ccccc7)c6)n5)ccc34)c3sc4ccccc4c3n2)=CCC1. The standard InChI is InChI=1S/C49H31N5OS/c1-4-14-30(15-5-1)33-20-12-21-34(28-33)48-52-47(32-18-8-3-9-19-32)53-49(54-48)35-26-27-36-37-23-13-24-39(44(37)55-40(36)29-35)43-45-42(38-22-10-11-25-41(38)56-45)50-46(51-43)31-16-6-2-7-17-31/h1,3-6,8-29H,2,7H2. The molecule has 0 bridgehead atoms. The lowest BCUT2D eigenvalue weighted by Gasteiger charge is -2.10. The van der Waals surface area contributed by atoms with Gasteiger partial charge in [-0.25, -0.2) is 24.9 Å². The van der Waals surface area contributed by atoms with Gasteiger partial charge in [-0.3, -0.25) is 0 Å². The minimum absolute atomic E-state index is 0.572. The number of rotatable bonds is 6. The number of aromatic nitrogens is 5. The Morgan fingerprint density at radius 1 is 0.482 bits per heavy atom. The number of benzene rings is 6. The van der Waals surface area contributed by atoms with E-state index in [1.807, 2.05) is 42.5 Å². The fourth-order valence-electron chi connectivity index (χ4n) is 7.62. The second-order valence-corrected chi connectivity index (χ2v) is 15.0. The number of furan rings is 1. The summed E-state index contributed by atoms with van der Waals surface area (Å²) in [5, 5.41) is 3.17. The molecule has 0 saturated carbocycles. The molecule has 0 radical (unpaired) electrons. The van der Waals surface area contributed by atoms with Gasteiger partial charge in [0, 0.05) is 48.7 Å². The molecule has 11 rings (SSSR count). The van der Waals surface area contributed by atoms with Crippen LogP contribution < -0.4 is 0 Å². The lowest BCUT2D eigenvalue weighted by molar-refractivity contribution is 0.670. The summed E-state index contributed by atoms with van der Waals surface area (Å²) in [6, 6.07) is 49.8. The van der Waals surface area contributed by atoms with E-state index < -0.39 is 0 Å². The van der Waals surface area contributed by atoms with Gasteiger partial charge in [-0.05, 0) is 54.3 Å². The van der Waals surface area contributed by atoms with Gasteiger partial charge in [-0.2, -0.15) is 0 Å². The molecule has 1 aliphatic rings. The Kier molecular flexibility index (Phi) is 7.70. The van der Waals surface area contributed by atoms with Gasteiger partial charge in [0.15, 0.2) is 23.3 Å². The van der Waals surface area contributed by atoms with Gasteiger partial charge in [0.05, 0.1) is 15.9 Å². The van der Waals surface area contributed by atoms with E-state index >= 15 is 0 Å². The molecule has 0 N–H and O–H groups in total. The zero-order valence-corrected chi connectivity index (χ0v) is 30.9. The van der Waals surface area contributed by atoms with Crippen molar-refractivity contribution >= 4 is 59.2 Å². The number of para-hydroxylation sites is 1. The van der Waals surface area contributed by atoms with Gasteiger partial charge >= 0.3 is 0 Å². The van der Waals surface area contributed by atoms with Crippen molar-refractivity contribution in [2.45, 2.75) is 12.8 Å². The zero-order chi connectivity index (χ0) is 37.0. The summed E-state index contributed by atoms with van der Waals surface area (Å²) in [6.07, 6.45) is 8.58. The first-order valence-corrected chi connectivity index (χ1v) is 19.5. The van der Waals surface area contributed by atoms with Crippen molar-refractivity contribution in [2.24, 2.45) is 0 Å². The maximum atomic E-state index is 6.85. The topological polar surface area (TPSA) is 77.6 Å². The first kappa shape index (κ1) is 32.3. The Bertz CT molecular complexity index is 3200. The van der Waals surface area contributed by atoms with Crippen LogP contribution in [0.4, 0.5) is 0 Å². The Labute approximate surface area is 326 Å². The fraction of sp³-hybridized carbons (Fsp3) is 0.0408. The van der Waals surface area contributed by atoms with Crippen LogP contribution in [0.15, 0.2) is 168 Å². The molecule has 0 unspecified atom stereocenters. The van der Waals surface area contributed by atoms with E-state index in [-0.39, 0.29) is 0 Å². The number of allylic oxidation sites excluding steroid dienone is 4. The van der Waals surface area contributed by atoms with Crippen molar-refractivity contribution in [1.29, 1.82) is 0 Å². The Morgan fingerprint density at radius 2 is 1.16 bits per heavy atom. The molecule has 0 spiro atoms. The van der Waals surface area contributed by atoms with E-state index in [4.69, 9.17) is 29.3 Å². The summed E-state index contributed by atoms with van der Waals surface area (Å²) in [5.74, 6) is 2.52. The monoisotopic (exact) mass is 737 g/mol. The second-order valence-electron chi connectivity index (χ2n) is 13.9. The zero-order valence-electron chi connectivity index (χ0n) is 30.1. The Morgan fingerprint density at radius 3 is 1.96 bits per heavy atom. The molecule has 56 heavy (non-hydrogen) atoms. The van der Waals surface area contributed by atoms with E-state index in [2.05, 4.69) is 121 Å². The van der Waals surface area contributed by atoms with Crippen molar-refractivity contribution in [1.82, 2.24) is 24.9 Å². The van der Waals surface area contributed by atoms with Crippen LogP contribution in [0.25, 0.3) is 104 Å². The smallest absolute Gasteiger partial charge is 0.164 e. The van der Waals surface area contributed by atoms with Gasteiger partial charge in [0.25, 0.3) is 0 Å². The fourth-order valence-corrected chi connectivity index (χ4v) is 8.77. The number of nitrogens with zero attached hydrogens (tertiary/aromatic N) is 5. The molecular formula is C49H31N5OS. The highest BCUT2D eigenvalue weighted by molar-refractivity contribution is 7.26. The normalized spacial score (nSPS) is 12.9. The second kappa shape index (κ2) is 13.3. The van der Waals surface area contributed by atoms with Crippen LogP contribution in [-0.2, 0) is 0 Å². The third-order valence-electron chi connectivity index (χ3n) is 10.4. The van der Waals surface area contributed by atoms with Gasteiger partial charge in [0.1, 0.15) is 11.2 Å². The summed E-state index contributed by atoms with van der Waals surface area (Å²) in [5.41, 5.74) is 10.3. The maximum Gasteiger partial charge on any atom is 0.164 e. The van der Waals surface area contributed by atoms with Crippen LogP contribution in [-0.4, -0.2) is 24.9 Å². The van der Waals surface area contributed by atoms with E-state index in [9.17, 15) is 0 Å². The predicted octanol–water partition coefficient (Wildman–Crippen LogP) is 13.0. The molecule has 0 atom stereocenters. The molecule has 6 nitrogen and oxygen atoms in total. The number of hydrogen-bond acceptors (Lipinski definition) is 7. The average molecular weight is 738 g/mol. The summed E-state index contributed by atoms with van der Waals surface area (Å²) in [4.78, 5) is 25.5. The molecule has 10 aromatic rings. The molecule has 1 aliphatic carbocycles. The largest absolute Gasteiger partial charge is 0.455 e. The van der Waals surface area contributed by atoms with Gasteiger partial charge < -0.3 is 4.42 Å². The highest BCUT2D eigenvalue weighted by Crippen LogP contribution is 2.43. The van der Waals surface area contributed by atoms with E-state index in [1.54, 1.807) is 11.3 Å². The maximum absolute atomic E-state index is 6.85. The summed E-state index contributed by atoms with van der Waals surface area (Å²) < 4.78 is 9.08. The third-order valence-corrected chi connectivity index (χ3v) is 11.5. The van der Waals surface area contributed by atoms with Crippen LogP contribution >= 0.6 is 11.3 Å². The van der Waals surface area contributed by atoms with Crippen molar-refractivity contribution in [3.8, 4) is 56.5 Å². The van der Waals surface area contributed by atoms with E-state index in [1.165, 1.54) is 4.70 Å². The number of fused-ring (bicyclic) bond motifs is 6. The van der Waals surface area contributed by atoms with Crippen LogP contribution in [0, 0.1) is 0 Å². The summed E-state index contributed by atoms with van der Waals surface area (Å²) in [6.45, 7) is 0. The highest BCUT2D eigenvalue weighted by atomic mass is 32.1. The van der Waals surface area contributed by atoms with Crippen LogP contribution in [0.3, 0.4) is 0 Å².